The number of nitriles is 1. The highest BCUT2D eigenvalue weighted by Crippen LogP contribution is 2.30. The number of hydrogen-bond acceptors (Lipinski definition) is 5. The molecular weight excluding hydrogens is 272 g/mol. The number of nitrogens with zero attached hydrogens (tertiary/aromatic N) is 2. The molecule has 0 saturated carbocycles. The van der Waals surface area contributed by atoms with Crippen molar-refractivity contribution in [1.82, 2.24) is 0 Å². The molecule has 0 radical (unpaired) electrons. The normalized spacial score (nSPS) is 9.95. The predicted octanol–water partition coefficient (Wildman–Crippen LogP) is 3.06. The minimum atomic E-state index is -0.559. The lowest BCUT2D eigenvalue weighted by atomic mass is 10.1. The van der Waals surface area contributed by atoms with Crippen LogP contribution in [0, 0.1) is 28.4 Å². The van der Waals surface area contributed by atoms with Gasteiger partial charge in [-0.3, -0.25) is 10.1 Å². The topological polar surface area (TPSA) is 96.4 Å². The van der Waals surface area contributed by atoms with E-state index in [-0.39, 0.29) is 11.3 Å². The summed E-state index contributed by atoms with van der Waals surface area (Å²) in [5, 5.41) is 28.9. The van der Waals surface area contributed by atoms with Gasteiger partial charge in [0.25, 0.3) is 5.69 Å². The van der Waals surface area contributed by atoms with Crippen LogP contribution in [0.25, 0.3) is 0 Å². The van der Waals surface area contributed by atoms with Crippen molar-refractivity contribution in [2.75, 3.05) is 0 Å². The first-order valence-electron chi connectivity index (χ1n) is 6.12. The Hall–Kier alpha value is -2.91. The molecule has 21 heavy (non-hydrogen) atoms. The van der Waals surface area contributed by atoms with E-state index in [4.69, 9.17) is 10.00 Å². The molecule has 0 aliphatic carbocycles. The first kappa shape index (κ1) is 14.5. The molecule has 0 amide bonds. The van der Waals surface area contributed by atoms with Crippen molar-refractivity contribution in [3.8, 4) is 17.6 Å². The molecular formula is C15H12N2O4. The third-order valence-electron chi connectivity index (χ3n) is 2.96. The van der Waals surface area contributed by atoms with Crippen LogP contribution >= 0.6 is 0 Å². The van der Waals surface area contributed by atoms with E-state index in [1.165, 1.54) is 18.2 Å². The van der Waals surface area contributed by atoms with E-state index in [1.807, 2.05) is 13.0 Å². The highest BCUT2D eigenvalue weighted by atomic mass is 16.6. The largest absolute Gasteiger partial charge is 0.457 e. The molecule has 0 aromatic heterocycles. The maximum Gasteiger partial charge on any atom is 0.275 e. The number of benzene rings is 2. The zero-order chi connectivity index (χ0) is 15.4. The van der Waals surface area contributed by atoms with Crippen LogP contribution in [0.15, 0.2) is 36.4 Å². The minimum absolute atomic E-state index is 0.160. The molecule has 6 nitrogen and oxygen atoms in total. The molecule has 0 saturated heterocycles. The van der Waals surface area contributed by atoms with Gasteiger partial charge in [0.2, 0.25) is 0 Å². The molecule has 0 unspecified atom stereocenters. The van der Waals surface area contributed by atoms with E-state index >= 15 is 0 Å². The van der Waals surface area contributed by atoms with Crippen molar-refractivity contribution < 1.29 is 14.8 Å². The van der Waals surface area contributed by atoms with Crippen LogP contribution in [-0.2, 0) is 6.61 Å². The summed E-state index contributed by atoms with van der Waals surface area (Å²) in [5.41, 5.74) is 1.30. The maximum absolute atomic E-state index is 10.8. The molecule has 1 N–H and O–H groups in total. The Morgan fingerprint density at radius 1 is 1.33 bits per heavy atom. The summed E-state index contributed by atoms with van der Waals surface area (Å²) < 4.78 is 5.64. The zero-order valence-corrected chi connectivity index (χ0v) is 11.2. The number of nitro benzene ring substituents is 1. The molecule has 2 aromatic rings. The van der Waals surface area contributed by atoms with Crippen LogP contribution in [0.3, 0.4) is 0 Å². The van der Waals surface area contributed by atoms with Gasteiger partial charge in [-0.1, -0.05) is 6.07 Å². The van der Waals surface area contributed by atoms with Gasteiger partial charge in [-0.05, 0) is 36.8 Å². The van der Waals surface area contributed by atoms with E-state index in [0.717, 1.165) is 5.56 Å². The van der Waals surface area contributed by atoms with Crippen molar-refractivity contribution >= 4 is 5.69 Å². The number of aryl methyl sites for hydroxylation is 1. The van der Waals surface area contributed by atoms with Crippen molar-refractivity contribution in [3.63, 3.8) is 0 Å². The first-order valence-corrected chi connectivity index (χ1v) is 6.12. The number of hydrogen-bond donors (Lipinski definition) is 1. The highest BCUT2D eigenvalue weighted by molar-refractivity contribution is 5.48. The molecule has 2 aromatic carbocycles. The third-order valence-corrected chi connectivity index (χ3v) is 2.96. The Morgan fingerprint density at radius 2 is 2.10 bits per heavy atom. The Balaban J connectivity index is 2.36. The fraction of sp³-hybridized carbons (Fsp3) is 0.133. The lowest BCUT2D eigenvalue weighted by Gasteiger charge is -2.10. The molecule has 0 spiro atoms. The summed E-state index contributed by atoms with van der Waals surface area (Å²) >= 11 is 0. The predicted molar refractivity (Wildman–Crippen MR) is 75.0 cm³/mol. The Bertz CT molecular complexity index is 735. The lowest BCUT2D eigenvalue weighted by Crippen LogP contribution is -1.96. The van der Waals surface area contributed by atoms with Gasteiger partial charge in [-0.2, -0.15) is 5.26 Å². The first-order chi connectivity index (χ1) is 10.0. The van der Waals surface area contributed by atoms with Crippen LogP contribution < -0.4 is 4.74 Å². The molecule has 0 aliphatic rings. The standard InChI is InChI=1S/C15H12N2O4/c1-10-2-3-11(8-16)6-15(10)21-13-4-5-14(17(19)20)12(7-13)9-18/h2-7,18H,9H2,1H3. The van der Waals surface area contributed by atoms with Crippen LogP contribution in [-0.4, -0.2) is 10.0 Å². The van der Waals surface area contributed by atoms with Crippen LogP contribution in [0.2, 0.25) is 0 Å². The molecule has 0 heterocycles. The second-order valence-corrected chi connectivity index (χ2v) is 4.40. The number of aliphatic hydroxyl groups excluding tert-OH is 1. The van der Waals surface area contributed by atoms with Gasteiger partial charge in [-0.15, -0.1) is 0 Å². The molecule has 0 fully saturated rings. The fourth-order valence-corrected chi connectivity index (χ4v) is 1.84. The van der Waals surface area contributed by atoms with Crippen LogP contribution in [0.4, 0.5) is 5.69 Å². The van der Waals surface area contributed by atoms with Crippen molar-refractivity contribution in [2.24, 2.45) is 0 Å². The van der Waals surface area contributed by atoms with Gasteiger partial charge in [0.1, 0.15) is 11.5 Å². The second kappa shape index (κ2) is 6.03. The quantitative estimate of drug-likeness (QED) is 0.687. The van der Waals surface area contributed by atoms with E-state index in [9.17, 15) is 15.2 Å². The average Bonchev–Trinajstić information content (AvgIpc) is 2.49. The fourth-order valence-electron chi connectivity index (χ4n) is 1.84. The van der Waals surface area contributed by atoms with E-state index in [2.05, 4.69) is 0 Å². The highest BCUT2D eigenvalue weighted by Gasteiger charge is 2.14. The third kappa shape index (κ3) is 3.16. The molecule has 0 aliphatic heterocycles. The van der Waals surface area contributed by atoms with Crippen LogP contribution in [0.5, 0.6) is 11.5 Å². The Kier molecular flexibility index (Phi) is 4.16. The summed E-state index contributed by atoms with van der Waals surface area (Å²) in [6.45, 7) is 1.37. The van der Waals surface area contributed by atoms with Crippen LogP contribution in [0.1, 0.15) is 16.7 Å². The smallest absolute Gasteiger partial charge is 0.275 e. The molecule has 106 valence electrons. The monoisotopic (exact) mass is 284 g/mol. The lowest BCUT2D eigenvalue weighted by molar-refractivity contribution is -0.385. The molecule has 0 bridgehead atoms. The molecule has 2 rings (SSSR count). The van der Waals surface area contributed by atoms with Crippen molar-refractivity contribution in [1.29, 1.82) is 5.26 Å². The Labute approximate surface area is 121 Å². The maximum atomic E-state index is 10.8. The van der Waals surface area contributed by atoms with Gasteiger partial charge in [0.05, 0.1) is 28.7 Å². The summed E-state index contributed by atoms with van der Waals surface area (Å²) in [6.07, 6.45) is 0. The van der Waals surface area contributed by atoms with E-state index in [0.29, 0.717) is 17.1 Å². The molecule has 0 atom stereocenters. The number of aliphatic hydroxyl groups is 1. The van der Waals surface area contributed by atoms with Crippen molar-refractivity contribution in [2.45, 2.75) is 13.5 Å². The number of nitro groups is 1. The summed E-state index contributed by atoms with van der Waals surface area (Å²) in [7, 11) is 0. The van der Waals surface area contributed by atoms with Gasteiger partial charge < -0.3 is 9.84 Å². The van der Waals surface area contributed by atoms with Crippen molar-refractivity contribution in [3.05, 3.63) is 63.2 Å². The number of rotatable bonds is 4. The minimum Gasteiger partial charge on any atom is -0.457 e. The zero-order valence-electron chi connectivity index (χ0n) is 11.2. The van der Waals surface area contributed by atoms with E-state index in [1.54, 1.807) is 18.2 Å². The van der Waals surface area contributed by atoms with Gasteiger partial charge in [-0.25, -0.2) is 0 Å². The second-order valence-electron chi connectivity index (χ2n) is 4.40. The molecule has 6 heteroatoms. The van der Waals surface area contributed by atoms with Gasteiger partial charge in [0.15, 0.2) is 0 Å². The summed E-state index contributed by atoms with van der Waals surface area (Å²) in [4.78, 5) is 10.2. The SMILES string of the molecule is Cc1ccc(C#N)cc1Oc1ccc([N+](=O)[O-])c(CO)c1. The van der Waals surface area contributed by atoms with Gasteiger partial charge in [0, 0.05) is 6.07 Å². The van der Waals surface area contributed by atoms with E-state index < -0.39 is 11.5 Å². The summed E-state index contributed by atoms with van der Waals surface area (Å²) in [6, 6.07) is 11.2. The Morgan fingerprint density at radius 3 is 2.71 bits per heavy atom. The number of ether oxygens (including phenoxy) is 1. The summed E-state index contributed by atoms with van der Waals surface area (Å²) in [5.74, 6) is 0.856. The van der Waals surface area contributed by atoms with Gasteiger partial charge >= 0.3 is 0 Å². The average molecular weight is 284 g/mol.